The predicted octanol–water partition coefficient (Wildman–Crippen LogP) is 3.64. The molecule has 0 aromatic heterocycles. The molecule has 3 rings (SSSR count). The Morgan fingerprint density at radius 2 is 2.07 bits per heavy atom. The molecular formula is C21H24F2N2O2. The highest BCUT2D eigenvalue weighted by molar-refractivity contribution is 5.78. The van der Waals surface area contributed by atoms with Crippen LogP contribution in [0.25, 0.3) is 0 Å². The molecule has 1 N–H and O–H groups in total. The van der Waals surface area contributed by atoms with Crippen molar-refractivity contribution in [3.63, 3.8) is 0 Å². The molecule has 0 unspecified atom stereocenters. The van der Waals surface area contributed by atoms with Crippen LogP contribution in [0.2, 0.25) is 0 Å². The lowest BCUT2D eigenvalue weighted by atomic mass is 10.1. The molecule has 0 radical (unpaired) electrons. The van der Waals surface area contributed by atoms with Crippen molar-refractivity contribution in [3.05, 3.63) is 65.2 Å². The number of likely N-dealkylation sites (tertiary alicyclic amines) is 1. The number of amides is 1. The van der Waals surface area contributed by atoms with Gasteiger partial charge >= 0.3 is 0 Å². The summed E-state index contributed by atoms with van der Waals surface area (Å²) in [6, 6.07) is 11.2. The van der Waals surface area contributed by atoms with Gasteiger partial charge in [0, 0.05) is 31.1 Å². The van der Waals surface area contributed by atoms with Crippen LogP contribution >= 0.6 is 0 Å². The minimum Gasteiger partial charge on any atom is -0.497 e. The molecule has 1 saturated heterocycles. The molecule has 0 bridgehead atoms. The molecule has 0 aliphatic carbocycles. The molecule has 0 spiro atoms. The summed E-state index contributed by atoms with van der Waals surface area (Å²) in [5.41, 5.74) is 1.34. The van der Waals surface area contributed by atoms with E-state index in [0.29, 0.717) is 13.0 Å². The molecule has 1 amide bonds. The van der Waals surface area contributed by atoms with Gasteiger partial charge < -0.3 is 15.0 Å². The summed E-state index contributed by atoms with van der Waals surface area (Å²) in [6.45, 7) is 1.55. The first kappa shape index (κ1) is 19.3. The molecule has 1 atom stereocenters. The number of hydrogen-bond acceptors (Lipinski definition) is 3. The number of benzene rings is 2. The zero-order valence-corrected chi connectivity index (χ0v) is 15.4. The van der Waals surface area contributed by atoms with E-state index in [-0.39, 0.29) is 24.1 Å². The molecule has 0 saturated carbocycles. The Kier molecular flexibility index (Phi) is 6.40. The van der Waals surface area contributed by atoms with Gasteiger partial charge in [0.05, 0.1) is 7.11 Å². The van der Waals surface area contributed by atoms with Crippen molar-refractivity contribution in [1.29, 1.82) is 0 Å². The van der Waals surface area contributed by atoms with Crippen molar-refractivity contribution >= 4 is 5.91 Å². The molecule has 27 heavy (non-hydrogen) atoms. The van der Waals surface area contributed by atoms with Crippen LogP contribution in [0, 0.1) is 11.6 Å². The van der Waals surface area contributed by atoms with Crippen molar-refractivity contribution in [1.82, 2.24) is 10.2 Å². The molecular weight excluding hydrogens is 350 g/mol. The Balaban J connectivity index is 1.52. The third-order valence-corrected chi connectivity index (χ3v) is 4.92. The van der Waals surface area contributed by atoms with Gasteiger partial charge in [0.1, 0.15) is 17.4 Å². The summed E-state index contributed by atoms with van der Waals surface area (Å²) < 4.78 is 32.5. The number of hydrogen-bond donors (Lipinski definition) is 1. The summed E-state index contributed by atoms with van der Waals surface area (Å²) in [7, 11) is 1.64. The first-order valence-corrected chi connectivity index (χ1v) is 9.14. The third-order valence-electron chi connectivity index (χ3n) is 4.92. The van der Waals surface area contributed by atoms with E-state index in [2.05, 4.69) is 5.32 Å². The zero-order valence-electron chi connectivity index (χ0n) is 15.4. The molecule has 1 heterocycles. The van der Waals surface area contributed by atoms with E-state index in [1.807, 2.05) is 24.3 Å². The first-order valence-electron chi connectivity index (χ1n) is 9.14. The summed E-state index contributed by atoms with van der Waals surface area (Å²) in [5.74, 6) is -0.156. The maximum absolute atomic E-state index is 13.9. The van der Waals surface area contributed by atoms with E-state index in [1.165, 1.54) is 6.07 Å². The van der Waals surface area contributed by atoms with Crippen LogP contribution < -0.4 is 10.1 Å². The van der Waals surface area contributed by atoms with Gasteiger partial charge in [-0.15, -0.1) is 0 Å². The van der Waals surface area contributed by atoms with E-state index >= 15 is 0 Å². The maximum Gasteiger partial charge on any atom is 0.223 e. The summed E-state index contributed by atoms with van der Waals surface area (Å²) in [4.78, 5) is 13.9. The van der Waals surface area contributed by atoms with E-state index in [0.717, 1.165) is 42.8 Å². The van der Waals surface area contributed by atoms with Gasteiger partial charge in [-0.1, -0.05) is 12.1 Å². The van der Waals surface area contributed by atoms with Gasteiger partial charge in [-0.3, -0.25) is 4.79 Å². The van der Waals surface area contributed by atoms with E-state index < -0.39 is 11.6 Å². The van der Waals surface area contributed by atoms with Crippen LogP contribution in [0.5, 0.6) is 5.75 Å². The second-order valence-corrected chi connectivity index (χ2v) is 6.77. The number of methoxy groups -OCH3 is 1. The van der Waals surface area contributed by atoms with Crippen LogP contribution in [0.3, 0.4) is 0 Å². The van der Waals surface area contributed by atoms with Gasteiger partial charge in [-0.05, 0) is 55.3 Å². The van der Waals surface area contributed by atoms with Gasteiger partial charge in [0.25, 0.3) is 0 Å². The van der Waals surface area contributed by atoms with E-state index in [4.69, 9.17) is 4.74 Å². The van der Waals surface area contributed by atoms with Gasteiger partial charge in [0.15, 0.2) is 0 Å². The van der Waals surface area contributed by atoms with Crippen LogP contribution in [-0.4, -0.2) is 30.5 Å². The minimum absolute atomic E-state index is 0.00328. The Labute approximate surface area is 158 Å². The highest BCUT2D eigenvalue weighted by Gasteiger charge is 2.31. The van der Waals surface area contributed by atoms with Gasteiger partial charge in [-0.25, -0.2) is 8.78 Å². The topological polar surface area (TPSA) is 41.6 Å². The SMILES string of the molecule is COc1cccc(CNCC[C@@H]2CCC(=O)N2Cc2cc(F)ccc2F)c1. The van der Waals surface area contributed by atoms with Gasteiger partial charge in [0.2, 0.25) is 5.91 Å². The number of rotatable bonds is 8. The summed E-state index contributed by atoms with van der Waals surface area (Å²) in [5, 5.41) is 3.37. The second-order valence-electron chi connectivity index (χ2n) is 6.77. The third kappa shape index (κ3) is 5.04. The Hall–Kier alpha value is -2.47. The molecule has 2 aromatic carbocycles. The average Bonchev–Trinajstić information content (AvgIpc) is 3.02. The fourth-order valence-corrected chi connectivity index (χ4v) is 3.44. The zero-order chi connectivity index (χ0) is 19.2. The Morgan fingerprint density at radius 1 is 1.22 bits per heavy atom. The Morgan fingerprint density at radius 3 is 2.89 bits per heavy atom. The monoisotopic (exact) mass is 374 g/mol. The summed E-state index contributed by atoms with van der Waals surface area (Å²) >= 11 is 0. The lowest BCUT2D eigenvalue weighted by Crippen LogP contribution is -2.35. The number of carbonyl (C=O) groups is 1. The standard InChI is InChI=1S/C21H24F2N2O2/c1-27-19-4-2-3-15(11-19)13-24-10-9-18-6-8-21(26)25(18)14-16-12-17(22)5-7-20(16)23/h2-5,7,11-12,18,24H,6,8-10,13-14H2,1H3/t18-/m0/s1. The predicted molar refractivity (Wildman–Crippen MR) is 99.2 cm³/mol. The quantitative estimate of drug-likeness (QED) is 0.718. The smallest absolute Gasteiger partial charge is 0.223 e. The molecule has 1 aliphatic heterocycles. The molecule has 1 fully saturated rings. The van der Waals surface area contributed by atoms with E-state index in [1.54, 1.807) is 12.0 Å². The highest BCUT2D eigenvalue weighted by atomic mass is 19.1. The lowest BCUT2D eigenvalue weighted by molar-refractivity contribution is -0.129. The average molecular weight is 374 g/mol. The van der Waals surface area contributed by atoms with Crippen molar-refractivity contribution in [2.45, 2.75) is 38.4 Å². The second kappa shape index (κ2) is 8.95. The number of carbonyl (C=O) groups excluding carboxylic acids is 1. The fraction of sp³-hybridized carbons (Fsp3) is 0.381. The molecule has 2 aromatic rings. The number of nitrogens with one attached hydrogen (secondary N) is 1. The normalized spacial score (nSPS) is 16.8. The first-order chi connectivity index (χ1) is 13.1. The molecule has 144 valence electrons. The van der Waals surface area contributed by atoms with Gasteiger partial charge in [-0.2, -0.15) is 0 Å². The van der Waals surface area contributed by atoms with Crippen LogP contribution in [0.15, 0.2) is 42.5 Å². The minimum atomic E-state index is -0.491. The van der Waals surface area contributed by atoms with Crippen molar-refractivity contribution in [2.75, 3.05) is 13.7 Å². The number of halogens is 2. The van der Waals surface area contributed by atoms with Crippen molar-refractivity contribution < 1.29 is 18.3 Å². The highest BCUT2D eigenvalue weighted by Crippen LogP contribution is 2.25. The molecule has 1 aliphatic rings. The lowest BCUT2D eigenvalue weighted by Gasteiger charge is -2.25. The fourth-order valence-electron chi connectivity index (χ4n) is 3.44. The van der Waals surface area contributed by atoms with Crippen LogP contribution in [0.4, 0.5) is 8.78 Å². The largest absolute Gasteiger partial charge is 0.497 e. The molecule has 4 nitrogen and oxygen atoms in total. The van der Waals surface area contributed by atoms with Crippen LogP contribution in [-0.2, 0) is 17.9 Å². The maximum atomic E-state index is 13.9. The van der Waals surface area contributed by atoms with E-state index in [9.17, 15) is 13.6 Å². The van der Waals surface area contributed by atoms with Crippen LogP contribution in [0.1, 0.15) is 30.4 Å². The van der Waals surface area contributed by atoms with Crippen molar-refractivity contribution in [3.8, 4) is 5.75 Å². The Bertz CT molecular complexity index is 798. The number of ether oxygens (including phenoxy) is 1. The van der Waals surface area contributed by atoms with Crippen molar-refractivity contribution in [2.24, 2.45) is 0 Å². The summed E-state index contributed by atoms with van der Waals surface area (Å²) in [6.07, 6.45) is 1.97. The number of nitrogens with zero attached hydrogens (tertiary/aromatic N) is 1. The molecule has 6 heteroatoms.